The Bertz CT molecular complexity index is 551. The van der Waals surface area contributed by atoms with Crippen LogP contribution >= 0.6 is 0 Å². The summed E-state index contributed by atoms with van der Waals surface area (Å²) in [4.78, 5) is 16.3. The lowest BCUT2D eigenvalue weighted by Crippen LogP contribution is -2.23. The van der Waals surface area contributed by atoms with E-state index in [-0.39, 0.29) is 11.8 Å². The van der Waals surface area contributed by atoms with Crippen LogP contribution in [0.15, 0.2) is 36.5 Å². The van der Waals surface area contributed by atoms with E-state index < -0.39 is 0 Å². The first-order chi connectivity index (χ1) is 8.70. The van der Waals surface area contributed by atoms with Crippen molar-refractivity contribution in [1.29, 1.82) is 0 Å². The standard InChI is InChI=1S/C15H18N2O/c1-2-4-13(16)10-15(18)12-6-7-14-11(9-12)5-3-8-17-14/h3,5-9,13H,2,4,10,16H2,1H3. The van der Waals surface area contributed by atoms with Gasteiger partial charge < -0.3 is 5.73 Å². The summed E-state index contributed by atoms with van der Waals surface area (Å²) in [6, 6.07) is 9.41. The number of rotatable bonds is 5. The molecular weight excluding hydrogens is 224 g/mol. The van der Waals surface area contributed by atoms with Crippen molar-refractivity contribution in [2.24, 2.45) is 5.73 Å². The number of fused-ring (bicyclic) bond motifs is 1. The van der Waals surface area contributed by atoms with Crippen LogP contribution in [-0.2, 0) is 0 Å². The predicted octanol–water partition coefficient (Wildman–Crippen LogP) is 2.94. The zero-order valence-electron chi connectivity index (χ0n) is 10.6. The Balaban J connectivity index is 2.17. The predicted molar refractivity (Wildman–Crippen MR) is 73.6 cm³/mol. The van der Waals surface area contributed by atoms with E-state index in [1.807, 2.05) is 30.3 Å². The summed E-state index contributed by atoms with van der Waals surface area (Å²) >= 11 is 0. The van der Waals surface area contributed by atoms with Gasteiger partial charge >= 0.3 is 0 Å². The van der Waals surface area contributed by atoms with E-state index in [2.05, 4.69) is 11.9 Å². The second kappa shape index (κ2) is 5.74. The Hall–Kier alpha value is -1.74. The molecule has 3 nitrogen and oxygen atoms in total. The van der Waals surface area contributed by atoms with E-state index in [1.54, 1.807) is 6.20 Å². The highest BCUT2D eigenvalue weighted by Crippen LogP contribution is 2.15. The van der Waals surface area contributed by atoms with Crippen molar-refractivity contribution in [3.8, 4) is 0 Å². The van der Waals surface area contributed by atoms with Crippen LogP contribution < -0.4 is 5.73 Å². The van der Waals surface area contributed by atoms with Crippen LogP contribution in [0.2, 0.25) is 0 Å². The van der Waals surface area contributed by atoms with Crippen molar-refractivity contribution in [2.75, 3.05) is 0 Å². The van der Waals surface area contributed by atoms with Crippen LogP contribution in [0.4, 0.5) is 0 Å². The number of ketones is 1. The number of carbonyl (C=O) groups is 1. The third-order valence-corrected chi connectivity index (χ3v) is 3.03. The Kier molecular flexibility index (Phi) is 4.05. The summed E-state index contributed by atoms with van der Waals surface area (Å²) < 4.78 is 0. The van der Waals surface area contributed by atoms with Gasteiger partial charge in [0.2, 0.25) is 0 Å². The molecule has 0 saturated heterocycles. The molecule has 0 aliphatic rings. The fourth-order valence-corrected chi connectivity index (χ4v) is 2.08. The Morgan fingerprint density at radius 2 is 2.22 bits per heavy atom. The van der Waals surface area contributed by atoms with E-state index in [9.17, 15) is 4.79 Å². The molecule has 0 aliphatic carbocycles. The largest absolute Gasteiger partial charge is 0.327 e. The second-order valence-corrected chi connectivity index (χ2v) is 4.59. The Labute approximate surface area is 107 Å². The molecule has 1 aromatic carbocycles. The summed E-state index contributed by atoms with van der Waals surface area (Å²) in [5.74, 6) is 0.113. The van der Waals surface area contributed by atoms with Gasteiger partial charge in [-0.3, -0.25) is 9.78 Å². The fraction of sp³-hybridized carbons (Fsp3) is 0.333. The molecule has 2 rings (SSSR count). The highest BCUT2D eigenvalue weighted by atomic mass is 16.1. The molecule has 0 spiro atoms. The number of hydrogen-bond donors (Lipinski definition) is 1. The van der Waals surface area contributed by atoms with E-state index in [0.717, 1.165) is 29.3 Å². The van der Waals surface area contributed by atoms with E-state index in [0.29, 0.717) is 6.42 Å². The fourth-order valence-electron chi connectivity index (χ4n) is 2.08. The third-order valence-electron chi connectivity index (χ3n) is 3.03. The lowest BCUT2D eigenvalue weighted by atomic mass is 10.00. The zero-order chi connectivity index (χ0) is 13.0. The molecule has 0 aliphatic heterocycles. The Morgan fingerprint density at radius 1 is 1.39 bits per heavy atom. The normalized spacial score (nSPS) is 12.6. The molecule has 0 amide bonds. The summed E-state index contributed by atoms with van der Waals surface area (Å²) in [7, 11) is 0. The van der Waals surface area contributed by atoms with Gasteiger partial charge in [0.15, 0.2) is 5.78 Å². The van der Waals surface area contributed by atoms with Crippen molar-refractivity contribution in [3.63, 3.8) is 0 Å². The highest BCUT2D eigenvalue weighted by Gasteiger charge is 2.11. The number of nitrogens with two attached hydrogens (primary N) is 1. The maximum atomic E-state index is 12.1. The topological polar surface area (TPSA) is 56.0 Å². The number of benzene rings is 1. The number of carbonyl (C=O) groups excluding carboxylic acids is 1. The van der Waals surface area contributed by atoms with Gasteiger partial charge in [0, 0.05) is 29.6 Å². The summed E-state index contributed by atoms with van der Waals surface area (Å²) in [6.45, 7) is 2.08. The first-order valence-electron chi connectivity index (χ1n) is 6.34. The Morgan fingerprint density at radius 3 is 3.00 bits per heavy atom. The van der Waals surface area contributed by atoms with Crippen molar-refractivity contribution in [3.05, 3.63) is 42.1 Å². The zero-order valence-corrected chi connectivity index (χ0v) is 10.6. The van der Waals surface area contributed by atoms with Gasteiger partial charge in [-0.25, -0.2) is 0 Å². The van der Waals surface area contributed by atoms with Gasteiger partial charge in [0.05, 0.1) is 5.52 Å². The minimum absolute atomic E-state index is 0.0351. The molecule has 0 radical (unpaired) electrons. The van der Waals surface area contributed by atoms with Crippen molar-refractivity contribution in [2.45, 2.75) is 32.2 Å². The third kappa shape index (κ3) is 2.93. The van der Waals surface area contributed by atoms with E-state index >= 15 is 0 Å². The van der Waals surface area contributed by atoms with Gasteiger partial charge in [-0.05, 0) is 30.7 Å². The number of nitrogens with zero attached hydrogens (tertiary/aromatic N) is 1. The molecule has 0 bridgehead atoms. The summed E-state index contributed by atoms with van der Waals surface area (Å²) in [5.41, 5.74) is 7.54. The smallest absolute Gasteiger partial charge is 0.164 e. The van der Waals surface area contributed by atoms with Crippen molar-refractivity contribution >= 4 is 16.7 Å². The lowest BCUT2D eigenvalue weighted by Gasteiger charge is -2.09. The van der Waals surface area contributed by atoms with Gasteiger partial charge in [-0.1, -0.05) is 19.4 Å². The molecule has 1 aromatic heterocycles. The van der Waals surface area contributed by atoms with Crippen LogP contribution in [0.1, 0.15) is 36.5 Å². The molecule has 2 aromatic rings. The lowest BCUT2D eigenvalue weighted by molar-refractivity contribution is 0.0973. The molecule has 0 saturated carbocycles. The van der Waals surface area contributed by atoms with E-state index in [4.69, 9.17) is 5.73 Å². The molecular formula is C15H18N2O. The maximum Gasteiger partial charge on any atom is 0.164 e. The quantitative estimate of drug-likeness (QED) is 0.820. The monoisotopic (exact) mass is 242 g/mol. The minimum atomic E-state index is -0.0351. The summed E-state index contributed by atoms with van der Waals surface area (Å²) in [6.07, 6.45) is 4.07. The molecule has 3 heteroatoms. The first kappa shape index (κ1) is 12.7. The second-order valence-electron chi connectivity index (χ2n) is 4.59. The van der Waals surface area contributed by atoms with Crippen molar-refractivity contribution in [1.82, 2.24) is 4.98 Å². The van der Waals surface area contributed by atoms with Crippen LogP contribution in [0.25, 0.3) is 10.9 Å². The first-order valence-corrected chi connectivity index (χ1v) is 6.34. The number of aromatic nitrogens is 1. The number of Topliss-reactive ketones (excluding diaryl/α,β-unsaturated/α-hetero) is 1. The van der Waals surface area contributed by atoms with Gasteiger partial charge in [0.1, 0.15) is 0 Å². The average Bonchev–Trinajstić information content (AvgIpc) is 2.38. The van der Waals surface area contributed by atoms with E-state index in [1.165, 1.54) is 0 Å². The highest BCUT2D eigenvalue weighted by molar-refractivity contribution is 5.99. The number of pyridine rings is 1. The molecule has 1 heterocycles. The minimum Gasteiger partial charge on any atom is -0.327 e. The molecule has 1 atom stereocenters. The van der Waals surface area contributed by atoms with Gasteiger partial charge in [-0.2, -0.15) is 0 Å². The number of hydrogen-bond acceptors (Lipinski definition) is 3. The molecule has 0 fully saturated rings. The molecule has 1 unspecified atom stereocenters. The molecule has 94 valence electrons. The van der Waals surface area contributed by atoms with Crippen LogP contribution in [0.3, 0.4) is 0 Å². The SMILES string of the molecule is CCCC(N)CC(=O)c1ccc2ncccc2c1. The maximum absolute atomic E-state index is 12.1. The van der Waals surface area contributed by atoms with Crippen molar-refractivity contribution < 1.29 is 4.79 Å². The van der Waals surface area contributed by atoms with Crippen LogP contribution in [0, 0.1) is 0 Å². The van der Waals surface area contributed by atoms with Gasteiger partial charge in [0.25, 0.3) is 0 Å². The average molecular weight is 242 g/mol. The van der Waals surface area contributed by atoms with Crippen LogP contribution in [0.5, 0.6) is 0 Å². The molecule has 2 N–H and O–H groups in total. The molecule has 18 heavy (non-hydrogen) atoms. The summed E-state index contributed by atoms with van der Waals surface area (Å²) in [5, 5.41) is 0.993. The van der Waals surface area contributed by atoms with Crippen LogP contribution in [-0.4, -0.2) is 16.8 Å². The van der Waals surface area contributed by atoms with Gasteiger partial charge in [-0.15, -0.1) is 0 Å².